The minimum atomic E-state index is -0.383. The van der Waals surface area contributed by atoms with E-state index in [2.05, 4.69) is 4.98 Å². The molecule has 0 saturated heterocycles. The fourth-order valence-electron chi connectivity index (χ4n) is 3.15. The highest BCUT2D eigenvalue weighted by molar-refractivity contribution is 5.88. The molecule has 142 valence electrons. The highest BCUT2D eigenvalue weighted by Crippen LogP contribution is 2.38. The summed E-state index contributed by atoms with van der Waals surface area (Å²) in [4.78, 5) is 4.59. The van der Waals surface area contributed by atoms with Gasteiger partial charge in [-0.1, -0.05) is 6.07 Å². The smallest absolute Gasteiger partial charge is 0.161 e. The molecule has 0 unspecified atom stereocenters. The molecule has 1 atom stereocenters. The van der Waals surface area contributed by atoms with Crippen LogP contribution < -0.4 is 18.9 Å². The first kappa shape index (κ1) is 18.8. The summed E-state index contributed by atoms with van der Waals surface area (Å²) in [6, 6.07) is 11.5. The molecule has 1 heterocycles. The summed E-state index contributed by atoms with van der Waals surface area (Å²) in [5.41, 5.74) is 1.69. The number of pyridine rings is 1. The molecule has 0 N–H and O–H groups in total. The zero-order valence-corrected chi connectivity index (χ0v) is 16.1. The van der Waals surface area contributed by atoms with Crippen LogP contribution in [0.4, 0.5) is 0 Å². The van der Waals surface area contributed by atoms with Crippen molar-refractivity contribution in [2.75, 3.05) is 35.5 Å². The number of aromatic nitrogens is 1. The maximum atomic E-state index is 5.80. The third kappa shape index (κ3) is 3.48. The molecule has 0 aliphatic rings. The summed E-state index contributed by atoms with van der Waals surface area (Å²) in [6.45, 7) is 0. The van der Waals surface area contributed by atoms with E-state index in [1.807, 2.05) is 36.4 Å². The van der Waals surface area contributed by atoms with Gasteiger partial charge in [-0.25, -0.2) is 0 Å². The SMILES string of the molecule is COc1ccc([C@@H](OC)c2nccc3cc(OC)c(OC)cc23)cc1OC. The maximum absolute atomic E-state index is 5.80. The molecule has 0 aliphatic heterocycles. The lowest BCUT2D eigenvalue weighted by Crippen LogP contribution is -2.07. The Hall–Kier alpha value is -2.99. The van der Waals surface area contributed by atoms with Crippen LogP contribution >= 0.6 is 0 Å². The van der Waals surface area contributed by atoms with Gasteiger partial charge >= 0.3 is 0 Å². The van der Waals surface area contributed by atoms with Gasteiger partial charge in [-0.3, -0.25) is 4.98 Å². The predicted octanol–water partition coefficient (Wildman–Crippen LogP) is 4.01. The first-order valence-electron chi connectivity index (χ1n) is 8.42. The van der Waals surface area contributed by atoms with Crippen LogP contribution in [0.1, 0.15) is 17.4 Å². The molecule has 0 radical (unpaired) electrons. The topological polar surface area (TPSA) is 59.0 Å². The third-order valence-electron chi connectivity index (χ3n) is 4.49. The Morgan fingerprint density at radius 1 is 0.704 bits per heavy atom. The fourth-order valence-corrected chi connectivity index (χ4v) is 3.15. The fraction of sp³-hybridized carbons (Fsp3) is 0.286. The van der Waals surface area contributed by atoms with Crippen molar-refractivity contribution in [3.05, 3.63) is 53.9 Å². The highest BCUT2D eigenvalue weighted by Gasteiger charge is 2.21. The van der Waals surface area contributed by atoms with E-state index in [0.717, 1.165) is 22.0 Å². The van der Waals surface area contributed by atoms with Crippen molar-refractivity contribution in [3.8, 4) is 23.0 Å². The number of hydrogen-bond acceptors (Lipinski definition) is 6. The standard InChI is InChI=1S/C21H23NO5/c1-23-16-7-6-14(11-17(16)24-2)21(27-5)20-15-12-19(26-4)18(25-3)10-13(15)8-9-22-20/h6-12,21H,1-5H3/t21-/m1/s1. The molecule has 0 aliphatic carbocycles. The Morgan fingerprint density at radius 2 is 1.33 bits per heavy atom. The second-order valence-corrected chi connectivity index (χ2v) is 5.85. The van der Waals surface area contributed by atoms with E-state index in [1.165, 1.54) is 0 Å². The third-order valence-corrected chi connectivity index (χ3v) is 4.49. The Balaban J connectivity index is 2.17. The van der Waals surface area contributed by atoms with Crippen LogP contribution in [-0.4, -0.2) is 40.5 Å². The van der Waals surface area contributed by atoms with Gasteiger partial charge in [0.2, 0.25) is 0 Å². The molecule has 3 aromatic rings. The zero-order chi connectivity index (χ0) is 19.4. The summed E-state index contributed by atoms with van der Waals surface area (Å²) in [5, 5.41) is 1.91. The van der Waals surface area contributed by atoms with Crippen molar-refractivity contribution >= 4 is 10.8 Å². The predicted molar refractivity (Wildman–Crippen MR) is 103 cm³/mol. The van der Waals surface area contributed by atoms with E-state index < -0.39 is 0 Å². The molecular formula is C21H23NO5. The minimum absolute atomic E-state index is 0.383. The van der Waals surface area contributed by atoms with E-state index in [0.29, 0.717) is 23.0 Å². The first-order chi connectivity index (χ1) is 13.2. The molecule has 0 bridgehead atoms. The van der Waals surface area contributed by atoms with Crippen LogP contribution in [0.2, 0.25) is 0 Å². The second-order valence-electron chi connectivity index (χ2n) is 5.85. The van der Waals surface area contributed by atoms with E-state index >= 15 is 0 Å². The van der Waals surface area contributed by atoms with Crippen LogP contribution in [-0.2, 0) is 4.74 Å². The zero-order valence-electron chi connectivity index (χ0n) is 16.1. The van der Waals surface area contributed by atoms with Gasteiger partial charge in [-0.15, -0.1) is 0 Å². The quantitative estimate of drug-likeness (QED) is 0.627. The minimum Gasteiger partial charge on any atom is -0.493 e. The summed E-state index contributed by atoms with van der Waals surface area (Å²) >= 11 is 0. The van der Waals surface area contributed by atoms with Crippen LogP contribution in [0.15, 0.2) is 42.6 Å². The van der Waals surface area contributed by atoms with Crippen molar-refractivity contribution < 1.29 is 23.7 Å². The largest absolute Gasteiger partial charge is 0.493 e. The number of rotatable bonds is 7. The molecule has 6 heteroatoms. The number of ether oxygens (including phenoxy) is 5. The Kier molecular flexibility index (Phi) is 5.66. The van der Waals surface area contributed by atoms with E-state index in [-0.39, 0.29) is 6.10 Å². The molecule has 0 spiro atoms. The van der Waals surface area contributed by atoms with Crippen molar-refractivity contribution in [2.24, 2.45) is 0 Å². The average molecular weight is 369 g/mol. The summed E-state index contributed by atoms with van der Waals surface area (Å²) in [6.07, 6.45) is 1.38. The van der Waals surface area contributed by atoms with E-state index in [1.54, 1.807) is 41.7 Å². The monoisotopic (exact) mass is 369 g/mol. The van der Waals surface area contributed by atoms with Crippen LogP contribution in [0.3, 0.4) is 0 Å². The van der Waals surface area contributed by atoms with Crippen LogP contribution in [0, 0.1) is 0 Å². The van der Waals surface area contributed by atoms with Gasteiger partial charge in [0.05, 0.1) is 34.1 Å². The summed E-state index contributed by atoms with van der Waals surface area (Å²) in [5.74, 6) is 2.61. The average Bonchev–Trinajstić information content (AvgIpc) is 2.73. The van der Waals surface area contributed by atoms with Gasteiger partial charge in [-0.05, 0) is 41.3 Å². The molecule has 0 saturated carbocycles. The van der Waals surface area contributed by atoms with Gasteiger partial charge < -0.3 is 23.7 Å². The first-order valence-corrected chi connectivity index (χ1v) is 8.42. The number of methoxy groups -OCH3 is 5. The number of nitrogens with zero attached hydrogens (tertiary/aromatic N) is 1. The Labute approximate surface area is 158 Å². The summed E-state index contributed by atoms with van der Waals surface area (Å²) in [7, 11) is 8.10. The molecule has 2 aromatic carbocycles. The number of hydrogen-bond donors (Lipinski definition) is 0. The van der Waals surface area contributed by atoms with Crippen molar-refractivity contribution in [1.29, 1.82) is 0 Å². The normalized spacial score (nSPS) is 11.9. The van der Waals surface area contributed by atoms with Crippen molar-refractivity contribution in [2.45, 2.75) is 6.10 Å². The molecule has 3 rings (SSSR count). The van der Waals surface area contributed by atoms with Crippen molar-refractivity contribution in [1.82, 2.24) is 4.98 Å². The van der Waals surface area contributed by atoms with Gasteiger partial charge in [-0.2, -0.15) is 0 Å². The van der Waals surface area contributed by atoms with Crippen LogP contribution in [0.25, 0.3) is 10.8 Å². The molecule has 0 amide bonds. The molecule has 27 heavy (non-hydrogen) atoms. The summed E-state index contributed by atoms with van der Waals surface area (Å²) < 4.78 is 27.4. The number of benzene rings is 2. The highest BCUT2D eigenvalue weighted by atomic mass is 16.5. The Morgan fingerprint density at radius 3 is 1.96 bits per heavy atom. The lowest BCUT2D eigenvalue weighted by molar-refractivity contribution is 0.134. The maximum Gasteiger partial charge on any atom is 0.161 e. The Bertz CT molecular complexity index is 941. The van der Waals surface area contributed by atoms with Gasteiger partial charge in [0.1, 0.15) is 6.10 Å². The van der Waals surface area contributed by atoms with Gasteiger partial charge in [0.15, 0.2) is 23.0 Å². The van der Waals surface area contributed by atoms with Crippen molar-refractivity contribution in [3.63, 3.8) is 0 Å². The lowest BCUT2D eigenvalue weighted by Gasteiger charge is -2.19. The van der Waals surface area contributed by atoms with E-state index in [9.17, 15) is 0 Å². The number of fused-ring (bicyclic) bond motifs is 1. The van der Waals surface area contributed by atoms with E-state index in [4.69, 9.17) is 23.7 Å². The van der Waals surface area contributed by atoms with Crippen LogP contribution in [0.5, 0.6) is 23.0 Å². The molecule has 0 fully saturated rings. The molecule has 1 aromatic heterocycles. The molecular weight excluding hydrogens is 346 g/mol. The van der Waals surface area contributed by atoms with Gasteiger partial charge in [0.25, 0.3) is 0 Å². The van der Waals surface area contributed by atoms with Gasteiger partial charge in [0, 0.05) is 18.7 Å². The molecule has 6 nitrogen and oxygen atoms in total. The lowest BCUT2D eigenvalue weighted by atomic mass is 10.00. The second kappa shape index (κ2) is 8.14.